The molecule has 1 spiro atoms. The summed E-state index contributed by atoms with van der Waals surface area (Å²) in [5.41, 5.74) is 0.205. The van der Waals surface area contributed by atoms with Crippen molar-refractivity contribution in [2.24, 2.45) is 11.3 Å². The van der Waals surface area contributed by atoms with E-state index >= 15 is 0 Å². The molecule has 5 nitrogen and oxygen atoms in total. The van der Waals surface area contributed by atoms with Crippen LogP contribution in [0.5, 0.6) is 5.75 Å². The minimum absolute atomic E-state index is 0.0241. The van der Waals surface area contributed by atoms with Gasteiger partial charge >= 0.3 is 0 Å². The fourth-order valence-electron chi connectivity index (χ4n) is 5.01. The summed E-state index contributed by atoms with van der Waals surface area (Å²) < 4.78 is 18.5. The highest BCUT2D eigenvalue weighted by atomic mass is 19.1. The number of hydrogen-bond acceptors (Lipinski definition) is 3. The predicted octanol–water partition coefficient (Wildman–Crippen LogP) is 3.24. The molecule has 2 heterocycles. The number of rotatable bonds is 6. The summed E-state index contributed by atoms with van der Waals surface area (Å²) in [4.78, 5) is 29.0. The van der Waals surface area contributed by atoms with E-state index in [2.05, 4.69) is 0 Å². The van der Waals surface area contributed by atoms with Crippen LogP contribution in [0.3, 0.4) is 0 Å². The van der Waals surface area contributed by atoms with Gasteiger partial charge in [-0.05, 0) is 67.7 Å². The Morgan fingerprint density at radius 3 is 2.39 bits per heavy atom. The van der Waals surface area contributed by atoms with Crippen LogP contribution in [0.2, 0.25) is 0 Å². The van der Waals surface area contributed by atoms with Gasteiger partial charge in [-0.3, -0.25) is 9.59 Å². The molecule has 152 valence electrons. The van der Waals surface area contributed by atoms with Gasteiger partial charge in [-0.25, -0.2) is 4.39 Å². The Morgan fingerprint density at radius 2 is 1.75 bits per heavy atom. The minimum Gasteiger partial charge on any atom is -0.484 e. The van der Waals surface area contributed by atoms with Crippen LogP contribution in [-0.2, 0) is 9.59 Å². The summed E-state index contributed by atoms with van der Waals surface area (Å²) in [7, 11) is 0. The van der Waals surface area contributed by atoms with Gasteiger partial charge in [-0.15, -0.1) is 0 Å². The highest BCUT2D eigenvalue weighted by Gasteiger charge is 2.51. The average Bonchev–Trinajstić information content (AvgIpc) is 3.33. The zero-order valence-electron chi connectivity index (χ0n) is 16.4. The molecule has 2 aliphatic heterocycles. The predicted molar refractivity (Wildman–Crippen MR) is 103 cm³/mol. The van der Waals surface area contributed by atoms with Crippen LogP contribution in [0.15, 0.2) is 24.3 Å². The molecule has 2 saturated heterocycles. The number of carbonyl (C=O) groups excluding carboxylic acids is 2. The average molecular weight is 388 g/mol. The molecule has 2 amide bonds. The second-order valence-electron chi connectivity index (χ2n) is 8.56. The van der Waals surface area contributed by atoms with Crippen molar-refractivity contribution in [2.75, 3.05) is 32.8 Å². The second kappa shape index (κ2) is 8.10. The summed E-state index contributed by atoms with van der Waals surface area (Å²) in [5, 5.41) is 0. The summed E-state index contributed by atoms with van der Waals surface area (Å²) in [6.07, 6.45) is 7.23. The monoisotopic (exact) mass is 388 g/mol. The highest BCUT2D eigenvalue weighted by molar-refractivity contribution is 5.78. The van der Waals surface area contributed by atoms with Gasteiger partial charge in [0.15, 0.2) is 6.61 Å². The molecule has 0 aromatic heterocycles. The van der Waals surface area contributed by atoms with E-state index in [1.54, 1.807) is 0 Å². The largest absolute Gasteiger partial charge is 0.484 e. The molecule has 1 unspecified atom stereocenters. The number of nitrogens with zero attached hydrogens (tertiary/aromatic N) is 2. The fraction of sp³-hybridized carbons (Fsp3) is 0.636. The molecule has 28 heavy (non-hydrogen) atoms. The van der Waals surface area contributed by atoms with Crippen molar-refractivity contribution < 1.29 is 18.7 Å². The SMILES string of the molecule is O=C(CCC1CN(C(=O)COc2ccc(F)cc2)CC12CCC2)N1CCCC1. The minimum atomic E-state index is -0.323. The van der Waals surface area contributed by atoms with Crippen LogP contribution in [0.25, 0.3) is 0 Å². The van der Waals surface area contributed by atoms with Crippen LogP contribution >= 0.6 is 0 Å². The van der Waals surface area contributed by atoms with Crippen molar-refractivity contribution in [3.8, 4) is 5.75 Å². The molecule has 4 rings (SSSR count). The first-order chi connectivity index (χ1) is 13.6. The first-order valence-electron chi connectivity index (χ1n) is 10.5. The standard InChI is InChI=1S/C22H29FN2O3/c23-18-5-7-19(8-6-18)28-15-21(27)25-14-17(22(16-25)10-3-11-22)4-9-20(26)24-12-1-2-13-24/h5-8,17H,1-4,9-16H2. The lowest BCUT2D eigenvalue weighted by molar-refractivity contribution is -0.133. The van der Waals surface area contributed by atoms with Gasteiger partial charge in [0.2, 0.25) is 5.91 Å². The molecule has 1 atom stereocenters. The van der Waals surface area contributed by atoms with Gasteiger partial charge in [-0.1, -0.05) is 6.42 Å². The maximum absolute atomic E-state index is 13.0. The number of ether oxygens (including phenoxy) is 1. The molecule has 1 aromatic carbocycles. The van der Waals surface area contributed by atoms with Crippen LogP contribution in [0.4, 0.5) is 4.39 Å². The number of likely N-dealkylation sites (tertiary alicyclic amines) is 2. The molecular formula is C22H29FN2O3. The van der Waals surface area contributed by atoms with E-state index in [1.807, 2.05) is 9.80 Å². The Labute approximate surface area is 165 Å². The number of carbonyl (C=O) groups is 2. The molecule has 0 N–H and O–H groups in total. The summed E-state index contributed by atoms with van der Waals surface area (Å²) in [6, 6.07) is 5.72. The lowest BCUT2D eigenvalue weighted by Gasteiger charge is -2.43. The number of benzene rings is 1. The van der Waals surface area contributed by atoms with Crippen LogP contribution in [0.1, 0.15) is 44.9 Å². The Morgan fingerprint density at radius 1 is 1.04 bits per heavy atom. The van der Waals surface area contributed by atoms with Gasteiger partial charge in [-0.2, -0.15) is 0 Å². The maximum atomic E-state index is 13.0. The Kier molecular flexibility index (Phi) is 5.56. The van der Waals surface area contributed by atoms with Crippen molar-refractivity contribution in [3.05, 3.63) is 30.1 Å². The second-order valence-corrected chi connectivity index (χ2v) is 8.56. The maximum Gasteiger partial charge on any atom is 0.260 e. The van der Waals surface area contributed by atoms with Gasteiger partial charge in [0.25, 0.3) is 5.91 Å². The van der Waals surface area contributed by atoms with E-state index in [4.69, 9.17) is 4.74 Å². The molecular weight excluding hydrogens is 359 g/mol. The normalized spacial score (nSPS) is 23.1. The topological polar surface area (TPSA) is 49.9 Å². The fourth-order valence-corrected chi connectivity index (χ4v) is 5.01. The van der Waals surface area contributed by atoms with E-state index in [0.717, 1.165) is 58.3 Å². The van der Waals surface area contributed by atoms with Crippen LogP contribution < -0.4 is 4.74 Å². The lowest BCUT2D eigenvalue weighted by atomic mass is 9.62. The first kappa shape index (κ1) is 19.2. The van der Waals surface area contributed by atoms with Crippen LogP contribution in [-0.4, -0.2) is 54.4 Å². The van der Waals surface area contributed by atoms with E-state index in [1.165, 1.54) is 30.7 Å². The Hall–Kier alpha value is -2.11. The van der Waals surface area contributed by atoms with Crippen molar-refractivity contribution in [2.45, 2.75) is 44.9 Å². The quantitative estimate of drug-likeness (QED) is 0.752. The van der Waals surface area contributed by atoms with Crippen molar-refractivity contribution in [1.82, 2.24) is 9.80 Å². The number of amides is 2. The third-order valence-electron chi connectivity index (χ3n) is 6.86. The molecule has 0 bridgehead atoms. The zero-order chi connectivity index (χ0) is 19.6. The first-order valence-corrected chi connectivity index (χ1v) is 10.5. The van der Waals surface area contributed by atoms with Gasteiger partial charge in [0, 0.05) is 32.6 Å². The van der Waals surface area contributed by atoms with Gasteiger partial charge in [0.05, 0.1) is 0 Å². The van der Waals surface area contributed by atoms with Crippen molar-refractivity contribution in [1.29, 1.82) is 0 Å². The van der Waals surface area contributed by atoms with Crippen molar-refractivity contribution >= 4 is 11.8 Å². The van der Waals surface area contributed by atoms with Crippen LogP contribution in [0, 0.1) is 17.2 Å². The third kappa shape index (κ3) is 4.01. The molecule has 1 saturated carbocycles. The summed E-state index contributed by atoms with van der Waals surface area (Å²) in [5.74, 6) is 0.833. The molecule has 3 fully saturated rings. The van der Waals surface area contributed by atoms with Gasteiger partial charge < -0.3 is 14.5 Å². The van der Waals surface area contributed by atoms with E-state index in [9.17, 15) is 14.0 Å². The Balaban J connectivity index is 1.30. The highest BCUT2D eigenvalue weighted by Crippen LogP contribution is 2.53. The van der Waals surface area contributed by atoms with E-state index in [-0.39, 0.29) is 29.7 Å². The summed E-state index contributed by atoms with van der Waals surface area (Å²) >= 11 is 0. The van der Waals surface area contributed by atoms with Gasteiger partial charge in [0.1, 0.15) is 11.6 Å². The number of halogens is 1. The lowest BCUT2D eigenvalue weighted by Crippen LogP contribution is -2.39. The van der Waals surface area contributed by atoms with E-state index in [0.29, 0.717) is 18.1 Å². The third-order valence-corrected chi connectivity index (χ3v) is 6.86. The molecule has 1 aromatic rings. The molecule has 6 heteroatoms. The smallest absolute Gasteiger partial charge is 0.260 e. The number of hydrogen-bond donors (Lipinski definition) is 0. The molecule has 0 radical (unpaired) electrons. The molecule has 3 aliphatic rings. The zero-order valence-corrected chi connectivity index (χ0v) is 16.4. The summed E-state index contributed by atoms with van der Waals surface area (Å²) in [6.45, 7) is 3.28. The Bertz CT molecular complexity index is 711. The van der Waals surface area contributed by atoms with Crippen molar-refractivity contribution in [3.63, 3.8) is 0 Å². The molecule has 1 aliphatic carbocycles. The van der Waals surface area contributed by atoms with E-state index < -0.39 is 0 Å².